The molecule has 0 spiro atoms. The van der Waals surface area contributed by atoms with Crippen molar-refractivity contribution in [3.8, 4) is 0 Å². The molecular weight excluding hydrogens is 424 g/mol. The summed E-state index contributed by atoms with van der Waals surface area (Å²) in [6.45, 7) is 0. The van der Waals surface area contributed by atoms with Gasteiger partial charge in [-0.3, -0.25) is 0 Å². The van der Waals surface area contributed by atoms with E-state index in [1.54, 1.807) is 0 Å². The number of pyridine rings is 2. The van der Waals surface area contributed by atoms with E-state index in [1.165, 1.54) is 64.8 Å². The monoisotopic (exact) mass is 454 g/mol. The van der Waals surface area contributed by atoms with Crippen LogP contribution in [0.5, 0.6) is 0 Å². The van der Waals surface area contributed by atoms with Crippen molar-refractivity contribution >= 4 is 43.6 Å². The van der Waals surface area contributed by atoms with Gasteiger partial charge in [0.05, 0.1) is 22.1 Å². The van der Waals surface area contributed by atoms with Crippen molar-refractivity contribution in [1.82, 2.24) is 9.97 Å². The molecule has 4 aromatic carbocycles. The molecule has 2 heterocycles. The normalized spacial score (nSPS) is 11.7. The molecule has 6 rings (SSSR count). The van der Waals surface area contributed by atoms with E-state index in [0.29, 0.717) is 0 Å². The van der Waals surface area contributed by atoms with Gasteiger partial charge in [-0.1, -0.05) is 92.1 Å². The lowest BCUT2D eigenvalue weighted by Gasteiger charge is -2.12. The highest BCUT2D eigenvalue weighted by Gasteiger charge is 2.10. The Labute approximate surface area is 206 Å². The second-order valence-corrected chi connectivity index (χ2v) is 9.52. The number of aromatic nitrogens is 2. The lowest BCUT2D eigenvalue weighted by Crippen LogP contribution is -1.95. The summed E-state index contributed by atoms with van der Waals surface area (Å²) in [6, 6.07) is 34.3. The number of rotatable bonds is 8. The molecule has 0 saturated carbocycles. The van der Waals surface area contributed by atoms with Gasteiger partial charge in [-0.25, -0.2) is 9.97 Å². The molecule has 0 unspecified atom stereocenters. The van der Waals surface area contributed by atoms with E-state index in [1.807, 2.05) is 0 Å². The van der Waals surface area contributed by atoms with Gasteiger partial charge in [0.1, 0.15) is 0 Å². The summed E-state index contributed by atoms with van der Waals surface area (Å²) in [5.41, 5.74) is 7.36. The molecule has 172 valence electrons. The van der Waals surface area contributed by atoms with E-state index in [0.717, 1.165) is 34.9 Å². The molecule has 0 aliphatic rings. The molecule has 0 amide bonds. The van der Waals surface area contributed by atoms with Crippen LogP contribution >= 0.6 is 0 Å². The molecule has 0 fully saturated rings. The van der Waals surface area contributed by atoms with Crippen LogP contribution in [-0.4, -0.2) is 9.97 Å². The second-order valence-electron chi connectivity index (χ2n) is 9.52. The first-order valence-corrected chi connectivity index (χ1v) is 12.9. The lowest BCUT2D eigenvalue weighted by molar-refractivity contribution is 0.616. The third-order valence-corrected chi connectivity index (χ3v) is 7.25. The molecule has 0 N–H and O–H groups in total. The van der Waals surface area contributed by atoms with Crippen LogP contribution in [0.1, 0.15) is 43.2 Å². The molecule has 0 aliphatic carbocycles. The molecule has 6 aromatic rings. The van der Waals surface area contributed by atoms with Crippen molar-refractivity contribution in [3.63, 3.8) is 0 Å². The third kappa shape index (κ3) is 4.37. The van der Waals surface area contributed by atoms with Gasteiger partial charge >= 0.3 is 0 Å². The minimum atomic E-state index is 1.11. The lowest BCUT2D eigenvalue weighted by atomic mass is 9.96. The van der Waals surface area contributed by atoms with Crippen LogP contribution in [0.2, 0.25) is 0 Å². The highest BCUT2D eigenvalue weighted by molar-refractivity contribution is 5.98. The first-order chi connectivity index (χ1) is 17.4. The van der Waals surface area contributed by atoms with Crippen molar-refractivity contribution in [1.29, 1.82) is 0 Å². The van der Waals surface area contributed by atoms with E-state index in [-0.39, 0.29) is 0 Å². The summed E-state index contributed by atoms with van der Waals surface area (Å²) in [6.07, 6.45) is 8.48. The van der Waals surface area contributed by atoms with Gasteiger partial charge in [-0.2, -0.15) is 0 Å². The fourth-order valence-electron chi connectivity index (χ4n) is 5.53. The first kappa shape index (κ1) is 21.7. The van der Waals surface area contributed by atoms with Crippen LogP contribution < -0.4 is 0 Å². The average molecular weight is 455 g/mol. The van der Waals surface area contributed by atoms with Gasteiger partial charge < -0.3 is 0 Å². The van der Waals surface area contributed by atoms with Gasteiger partial charge in [-0.15, -0.1) is 0 Å². The zero-order valence-electron chi connectivity index (χ0n) is 20.1. The van der Waals surface area contributed by atoms with Crippen molar-refractivity contribution < 1.29 is 0 Å². The Morgan fingerprint density at radius 2 is 0.629 bits per heavy atom. The molecule has 0 saturated heterocycles. The average Bonchev–Trinajstić information content (AvgIpc) is 2.91. The Kier molecular flexibility index (Phi) is 6.11. The standard InChI is InChI=1S/C33H30N2/c1(2-4-14-24-26-16-6-10-20-30(26)34-31-21-11-7-17-27(24)31)3-5-15-25-28-18-8-12-22-32(28)35-33-23-13-9-19-29(25)33/h6-13,16-23H,1-5,14-15H2. The maximum Gasteiger partial charge on any atom is 0.0712 e. The Balaban J connectivity index is 1.10. The number of unbranched alkanes of at least 4 members (excludes halogenated alkanes) is 4. The molecule has 0 radical (unpaired) electrons. The summed E-state index contributed by atoms with van der Waals surface area (Å²) < 4.78 is 0. The zero-order valence-corrected chi connectivity index (χ0v) is 20.1. The summed E-state index contributed by atoms with van der Waals surface area (Å²) in [5, 5.41) is 5.23. The second kappa shape index (κ2) is 9.84. The van der Waals surface area contributed by atoms with E-state index < -0.39 is 0 Å². The highest BCUT2D eigenvalue weighted by Crippen LogP contribution is 2.29. The number of benzene rings is 4. The van der Waals surface area contributed by atoms with Crippen molar-refractivity contribution in [3.05, 3.63) is 108 Å². The Bertz CT molecular complexity index is 1400. The fourth-order valence-corrected chi connectivity index (χ4v) is 5.53. The topological polar surface area (TPSA) is 25.8 Å². The quantitative estimate of drug-likeness (QED) is 0.170. The van der Waals surface area contributed by atoms with Crippen molar-refractivity contribution in [2.45, 2.75) is 44.9 Å². The van der Waals surface area contributed by atoms with Gasteiger partial charge in [0, 0.05) is 21.5 Å². The molecule has 35 heavy (non-hydrogen) atoms. The number of hydrogen-bond acceptors (Lipinski definition) is 2. The van der Waals surface area contributed by atoms with Crippen LogP contribution in [-0.2, 0) is 12.8 Å². The van der Waals surface area contributed by atoms with Gasteiger partial charge in [0.25, 0.3) is 0 Å². The molecule has 2 aromatic heterocycles. The van der Waals surface area contributed by atoms with Crippen molar-refractivity contribution in [2.75, 3.05) is 0 Å². The van der Waals surface area contributed by atoms with E-state index >= 15 is 0 Å². The molecule has 2 nitrogen and oxygen atoms in total. The van der Waals surface area contributed by atoms with Gasteiger partial charge in [0.2, 0.25) is 0 Å². The number of fused-ring (bicyclic) bond motifs is 4. The predicted molar refractivity (Wildman–Crippen MR) is 149 cm³/mol. The number of hydrogen-bond donors (Lipinski definition) is 0. The van der Waals surface area contributed by atoms with E-state index in [9.17, 15) is 0 Å². The number of nitrogens with zero attached hydrogens (tertiary/aromatic N) is 2. The SMILES string of the molecule is c1ccc2c(CCCCCCCc3c4ccccc4nc4ccccc34)c3ccccc3nc2c1. The maximum atomic E-state index is 4.87. The fraction of sp³-hybridized carbons (Fsp3) is 0.212. The van der Waals surface area contributed by atoms with Crippen LogP contribution in [0.25, 0.3) is 43.6 Å². The number of aryl methyl sites for hydroxylation is 2. The summed E-state index contributed by atoms with van der Waals surface area (Å²) in [4.78, 5) is 9.75. The Morgan fingerprint density at radius 3 is 0.971 bits per heavy atom. The van der Waals surface area contributed by atoms with Gasteiger partial charge in [0.15, 0.2) is 0 Å². The molecule has 0 atom stereocenters. The molecular formula is C33H30N2. The zero-order chi connectivity index (χ0) is 23.5. The summed E-state index contributed by atoms with van der Waals surface area (Å²) in [7, 11) is 0. The predicted octanol–water partition coefficient (Wildman–Crippen LogP) is 8.83. The molecule has 0 bridgehead atoms. The van der Waals surface area contributed by atoms with Crippen LogP contribution in [0.4, 0.5) is 0 Å². The van der Waals surface area contributed by atoms with Gasteiger partial charge in [-0.05, 0) is 61.1 Å². The highest BCUT2D eigenvalue weighted by atomic mass is 14.7. The minimum absolute atomic E-state index is 1.11. The van der Waals surface area contributed by atoms with Crippen LogP contribution in [0.15, 0.2) is 97.1 Å². The third-order valence-electron chi connectivity index (χ3n) is 7.25. The molecule has 0 aliphatic heterocycles. The van der Waals surface area contributed by atoms with Crippen LogP contribution in [0.3, 0.4) is 0 Å². The minimum Gasteiger partial charge on any atom is -0.248 e. The van der Waals surface area contributed by atoms with E-state index in [2.05, 4.69) is 97.1 Å². The summed E-state index contributed by atoms with van der Waals surface area (Å²) >= 11 is 0. The Morgan fingerprint density at radius 1 is 0.343 bits per heavy atom. The maximum absolute atomic E-state index is 4.87. The van der Waals surface area contributed by atoms with Crippen molar-refractivity contribution in [2.24, 2.45) is 0 Å². The smallest absolute Gasteiger partial charge is 0.0712 e. The van der Waals surface area contributed by atoms with E-state index in [4.69, 9.17) is 9.97 Å². The van der Waals surface area contributed by atoms with Crippen LogP contribution in [0, 0.1) is 0 Å². The first-order valence-electron chi connectivity index (χ1n) is 12.9. The molecule has 2 heteroatoms. The largest absolute Gasteiger partial charge is 0.248 e. The summed E-state index contributed by atoms with van der Waals surface area (Å²) in [5.74, 6) is 0. The number of para-hydroxylation sites is 4. The Hall–Kier alpha value is -3.78.